The maximum Gasteiger partial charge on any atom is 0.153 e. The second-order valence-electron chi connectivity index (χ2n) is 5.17. The molecule has 0 bridgehead atoms. The van der Waals surface area contributed by atoms with Gasteiger partial charge in [0.1, 0.15) is 11.5 Å². The van der Waals surface area contributed by atoms with Gasteiger partial charge in [-0.3, -0.25) is 9.48 Å². The largest absolute Gasteiger partial charge is 0.298 e. The number of rotatable bonds is 2. The van der Waals surface area contributed by atoms with Crippen LogP contribution in [0.15, 0.2) is 30.5 Å². The Balaban J connectivity index is 2.53. The second-order valence-corrected chi connectivity index (χ2v) is 5.17. The van der Waals surface area contributed by atoms with Crippen molar-refractivity contribution in [2.24, 2.45) is 0 Å². The lowest BCUT2D eigenvalue weighted by molar-refractivity contribution is 0.112. The van der Waals surface area contributed by atoms with Gasteiger partial charge in [-0.1, -0.05) is 0 Å². The summed E-state index contributed by atoms with van der Waals surface area (Å²) in [5, 5.41) is 4.42. The van der Waals surface area contributed by atoms with E-state index in [0.717, 1.165) is 11.8 Å². The van der Waals surface area contributed by atoms with Gasteiger partial charge in [0.25, 0.3) is 0 Å². The fraction of sp³-hybridized carbons (Fsp3) is 0.286. The molecule has 0 atom stereocenters. The van der Waals surface area contributed by atoms with Gasteiger partial charge < -0.3 is 0 Å². The summed E-state index contributed by atoms with van der Waals surface area (Å²) in [7, 11) is 0. The first-order valence-electron chi connectivity index (χ1n) is 5.73. The van der Waals surface area contributed by atoms with Crippen molar-refractivity contribution in [1.29, 1.82) is 0 Å². The standard InChI is InChI=1S/C14H15FN2O/c1-14(2,3)17-8-11(9-18)13(16-17)10-4-6-12(15)7-5-10/h4-9H,1-3H3. The molecule has 1 aromatic carbocycles. The van der Waals surface area contributed by atoms with Crippen molar-refractivity contribution in [3.8, 4) is 11.3 Å². The molecule has 4 heteroatoms. The lowest BCUT2D eigenvalue weighted by Gasteiger charge is -2.18. The molecule has 0 radical (unpaired) electrons. The van der Waals surface area contributed by atoms with E-state index in [4.69, 9.17) is 0 Å². The molecule has 0 saturated heterocycles. The highest BCUT2D eigenvalue weighted by Crippen LogP contribution is 2.24. The number of aromatic nitrogens is 2. The van der Waals surface area contributed by atoms with E-state index in [9.17, 15) is 9.18 Å². The number of benzene rings is 1. The van der Waals surface area contributed by atoms with Crippen LogP contribution in [0.4, 0.5) is 4.39 Å². The second kappa shape index (κ2) is 4.37. The number of carbonyl (C=O) groups is 1. The van der Waals surface area contributed by atoms with Crippen LogP contribution in [-0.2, 0) is 5.54 Å². The molecule has 0 unspecified atom stereocenters. The molecule has 3 nitrogen and oxygen atoms in total. The van der Waals surface area contributed by atoms with Gasteiger partial charge in [-0.25, -0.2) is 4.39 Å². The fourth-order valence-corrected chi connectivity index (χ4v) is 1.65. The Morgan fingerprint density at radius 2 is 1.83 bits per heavy atom. The molecule has 0 spiro atoms. The maximum absolute atomic E-state index is 12.9. The molecular weight excluding hydrogens is 231 g/mol. The average molecular weight is 246 g/mol. The summed E-state index contributed by atoms with van der Waals surface area (Å²) in [6, 6.07) is 5.97. The minimum absolute atomic E-state index is 0.198. The van der Waals surface area contributed by atoms with Gasteiger partial charge in [0.15, 0.2) is 6.29 Å². The van der Waals surface area contributed by atoms with Crippen LogP contribution in [0.2, 0.25) is 0 Å². The zero-order valence-electron chi connectivity index (χ0n) is 10.6. The highest BCUT2D eigenvalue weighted by molar-refractivity contribution is 5.85. The molecule has 1 aromatic heterocycles. The van der Waals surface area contributed by atoms with Gasteiger partial charge in [0.05, 0.1) is 11.1 Å². The van der Waals surface area contributed by atoms with Crippen LogP contribution in [0.25, 0.3) is 11.3 Å². The molecule has 1 heterocycles. The number of halogens is 1. The molecule has 2 rings (SSSR count). The van der Waals surface area contributed by atoms with Crippen molar-refractivity contribution in [1.82, 2.24) is 9.78 Å². The zero-order chi connectivity index (χ0) is 13.3. The molecule has 0 aliphatic carbocycles. The molecule has 0 saturated carbocycles. The third-order valence-electron chi connectivity index (χ3n) is 2.67. The Morgan fingerprint density at radius 3 is 2.33 bits per heavy atom. The summed E-state index contributed by atoms with van der Waals surface area (Å²) in [6.45, 7) is 6.01. The predicted octanol–water partition coefficient (Wildman–Crippen LogP) is 3.26. The van der Waals surface area contributed by atoms with Gasteiger partial charge in [-0.2, -0.15) is 5.10 Å². The van der Waals surface area contributed by atoms with Crippen molar-refractivity contribution in [3.63, 3.8) is 0 Å². The van der Waals surface area contributed by atoms with E-state index in [0.29, 0.717) is 11.3 Å². The lowest BCUT2D eigenvalue weighted by atomic mass is 10.1. The van der Waals surface area contributed by atoms with E-state index >= 15 is 0 Å². The Bertz CT molecular complexity index is 564. The van der Waals surface area contributed by atoms with E-state index in [1.165, 1.54) is 12.1 Å². The van der Waals surface area contributed by atoms with Crippen LogP contribution in [0.1, 0.15) is 31.1 Å². The SMILES string of the molecule is CC(C)(C)n1cc(C=O)c(-c2ccc(F)cc2)n1. The van der Waals surface area contributed by atoms with Gasteiger partial charge in [0.2, 0.25) is 0 Å². The minimum Gasteiger partial charge on any atom is -0.298 e. The Hall–Kier alpha value is -1.97. The normalized spacial score (nSPS) is 11.6. The lowest BCUT2D eigenvalue weighted by Crippen LogP contribution is -2.22. The van der Waals surface area contributed by atoms with Crippen LogP contribution in [0.5, 0.6) is 0 Å². The summed E-state index contributed by atoms with van der Waals surface area (Å²) >= 11 is 0. The molecule has 0 fully saturated rings. The van der Waals surface area contributed by atoms with Crippen molar-refractivity contribution >= 4 is 6.29 Å². The van der Waals surface area contributed by atoms with Gasteiger partial charge >= 0.3 is 0 Å². The van der Waals surface area contributed by atoms with Crippen LogP contribution in [0, 0.1) is 5.82 Å². The topological polar surface area (TPSA) is 34.9 Å². The van der Waals surface area contributed by atoms with Gasteiger partial charge in [-0.15, -0.1) is 0 Å². The van der Waals surface area contributed by atoms with Crippen molar-refractivity contribution in [2.45, 2.75) is 26.3 Å². The van der Waals surface area contributed by atoms with E-state index < -0.39 is 0 Å². The number of hydrogen-bond donors (Lipinski definition) is 0. The number of hydrogen-bond acceptors (Lipinski definition) is 2. The summed E-state index contributed by atoms with van der Waals surface area (Å²) in [4.78, 5) is 11.1. The monoisotopic (exact) mass is 246 g/mol. The van der Waals surface area contributed by atoms with E-state index in [1.54, 1.807) is 23.0 Å². The molecule has 0 amide bonds. The number of aldehydes is 1. The van der Waals surface area contributed by atoms with Crippen LogP contribution >= 0.6 is 0 Å². The van der Waals surface area contributed by atoms with E-state index in [-0.39, 0.29) is 11.4 Å². The van der Waals surface area contributed by atoms with Crippen molar-refractivity contribution in [3.05, 3.63) is 41.8 Å². The molecule has 18 heavy (non-hydrogen) atoms. The summed E-state index contributed by atoms with van der Waals surface area (Å²) in [5.41, 5.74) is 1.63. The highest BCUT2D eigenvalue weighted by Gasteiger charge is 2.18. The summed E-state index contributed by atoms with van der Waals surface area (Å²) in [5.74, 6) is -0.304. The molecule has 2 aromatic rings. The maximum atomic E-state index is 12.9. The zero-order valence-corrected chi connectivity index (χ0v) is 10.6. The fourth-order valence-electron chi connectivity index (χ4n) is 1.65. The first-order chi connectivity index (χ1) is 8.41. The first-order valence-corrected chi connectivity index (χ1v) is 5.73. The van der Waals surface area contributed by atoms with E-state index in [2.05, 4.69) is 5.10 Å². The number of nitrogens with zero attached hydrogens (tertiary/aromatic N) is 2. The number of carbonyl (C=O) groups excluding carboxylic acids is 1. The van der Waals surface area contributed by atoms with Crippen molar-refractivity contribution < 1.29 is 9.18 Å². The predicted molar refractivity (Wildman–Crippen MR) is 68.0 cm³/mol. The van der Waals surface area contributed by atoms with Gasteiger partial charge in [0, 0.05) is 11.8 Å². The molecule has 0 aliphatic heterocycles. The minimum atomic E-state index is -0.304. The summed E-state index contributed by atoms with van der Waals surface area (Å²) in [6.07, 6.45) is 2.49. The first kappa shape index (κ1) is 12.5. The van der Waals surface area contributed by atoms with E-state index in [1.807, 2.05) is 20.8 Å². The molecule has 0 aliphatic rings. The van der Waals surface area contributed by atoms with Crippen molar-refractivity contribution in [2.75, 3.05) is 0 Å². The van der Waals surface area contributed by atoms with Gasteiger partial charge in [-0.05, 0) is 45.0 Å². The summed E-state index contributed by atoms with van der Waals surface area (Å²) < 4.78 is 14.6. The molecule has 94 valence electrons. The van der Waals surface area contributed by atoms with Crippen LogP contribution < -0.4 is 0 Å². The third-order valence-corrected chi connectivity index (χ3v) is 2.67. The molecular formula is C14H15FN2O. The highest BCUT2D eigenvalue weighted by atomic mass is 19.1. The third kappa shape index (κ3) is 2.32. The molecule has 0 N–H and O–H groups in total. The quantitative estimate of drug-likeness (QED) is 0.762. The Kier molecular flexibility index (Phi) is 3.03. The smallest absolute Gasteiger partial charge is 0.153 e. The van der Waals surface area contributed by atoms with Crippen LogP contribution in [0.3, 0.4) is 0 Å². The van der Waals surface area contributed by atoms with Crippen LogP contribution in [-0.4, -0.2) is 16.1 Å². The Morgan fingerprint density at radius 1 is 1.22 bits per heavy atom. The Labute approximate surface area is 105 Å². The average Bonchev–Trinajstić information content (AvgIpc) is 2.73.